The zero-order valence-electron chi connectivity index (χ0n) is 18.5. The second-order valence-electron chi connectivity index (χ2n) is 8.03. The molecule has 33 heavy (non-hydrogen) atoms. The molecule has 0 saturated carbocycles. The van der Waals surface area contributed by atoms with E-state index < -0.39 is 0 Å². The average Bonchev–Trinajstić information content (AvgIpc) is 2.82. The summed E-state index contributed by atoms with van der Waals surface area (Å²) in [5.41, 5.74) is 2.21. The van der Waals surface area contributed by atoms with Crippen molar-refractivity contribution in [3.05, 3.63) is 89.7 Å². The van der Waals surface area contributed by atoms with Crippen LogP contribution in [0.5, 0.6) is 11.5 Å². The summed E-state index contributed by atoms with van der Waals surface area (Å²) in [7, 11) is 0. The molecule has 170 valence electrons. The van der Waals surface area contributed by atoms with Crippen LogP contribution < -0.4 is 10.1 Å². The Labute approximate surface area is 192 Å². The standard InChI is InChI=1S/C26H26FN3O3/c1-19-6-12-22(13-7-19)33-24-5-3-2-4-23(24)28-25(31)18-29-14-16-30(17-15-29)26(32)20-8-10-21(27)11-9-20/h2-13H,14-18H2,1H3,(H,28,31). The number of amides is 2. The van der Waals surface area contributed by atoms with E-state index in [1.165, 1.54) is 24.3 Å². The maximum absolute atomic E-state index is 13.1. The van der Waals surface area contributed by atoms with E-state index in [4.69, 9.17) is 4.74 Å². The third kappa shape index (κ3) is 5.96. The van der Waals surface area contributed by atoms with Gasteiger partial charge >= 0.3 is 0 Å². The summed E-state index contributed by atoms with van der Waals surface area (Å²) in [4.78, 5) is 29.0. The van der Waals surface area contributed by atoms with Gasteiger partial charge in [0.05, 0.1) is 12.2 Å². The van der Waals surface area contributed by atoms with Crippen molar-refractivity contribution < 1.29 is 18.7 Å². The predicted octanol–water partition coefficient (Wildman–Crippen LogP) is 4.32. The Kier molecular flexibility index (Phi) is 7.00. The van der Waals surface area contributed by atoms with Gasteiger partial charge in [0, 0.05) is 31.7 Å². The number of nitrogens with zero attached hydrogens (tertiary/aromatic N) is 2. The monoisotopic (exact) mass is 447 g/mol. The topological polar surface area (TPSA) is 61.9 Å². The Hall–Kier alpha value is -3.71. The number of piperazine rings is 1. The minimum atomic E-state index is -0.367. The number of carbonyl (C=O) groups excluding carboxylic acids is 2. The largest absolute Gasteiger partial charge is 0.455 e. The molecule has 7 heteroatoms. The van der Waals surface area contributed by atoms with Crippen LogP contribution >= 0.6 is 0 Å². The summed E-state index contributed by atoms with van der Waals surface area (Å²) < 4.78 is 19.0. The van der Waals surface area contributed by atoms with Gasteiger partial charge in [0.25, 0.3) is 5.91 Å². The quantitative estimate of drug-likeness (QED) is 0.611. The Morgan fingerprint density at radius 2 is 1.58 bits per heavy atom. The van der Waals surface area contributed by atoms with E-state index in [0.29, 0.717) is 48.9 Å². The van der Waals surface area contributed by atoms with Crippen molar-refractivity contribution >= 4 is 17.5 Å². The van der Waals surface area contributed by atoms with Crippen molar-refractivity contribution in [1.29, 1.82) is 0 Å². The van der Waals surface area contributed by atoms with Crippen LogP contribution in [0.1, 0.15) is 15.9 Å². The second-order valence-corrected chi connectivity index (χ2v) is 8.03. The summed E-state index contributed by atoms with van der Waals surface area (Å²) in [6.45, 7) is 4.42. The van der Waals surface area contributed by atoms with Crippen molar-refractivity contribution in [2.24, 2.45) is 0 Å². The zero-order valence-corrected chi connectivity index (χ0v) is 18.5. The van der Waals surface area contributed by atoms with Gasteiger partial charge in [-0.15, -0.1) is 0 Å². The number of ether oxygens (including phenoxy) is 1. The summed E-state index contributed by atoms with van der Waals surface area (Å²) in [5.74, 6) is 0.636. The van der Waals surface area contributed by atoms with Crippen LogP contribution in [0.2, 0.25) is 0 Å². The van der Waals surface area contributed by atoms with Crippen molar-refractivity contribution in [3.8, 4) is 11.5 Å². The average molecular weight is 448 g/mol. The third-order valence-electron chi connectivity index (χ3n) is 5.53. The molecular weight excluding hydrogens is 421 g/mol. The smallest absolute Gasteiger partial charge is 0.253 e. The van der Waals surface area contributed by atoms with E-state index in [2.05, 4.69) is 5.32 Å². The number of para-hydroxylation sites is 2. The van der Waals surface area contributed by atoms with Crippen LogP contribution in [-0.4, -0.2) is 54.3 Å². The fraction of sp³-hybridized carbons (Fsp3) is 0.231. The van der Waals surface area contributed by atoms with Crippen LogP contribution in [0, 0.1) is 12.7 Å². The number of nitrogens with one attached hydrogen (secondary N) is 1. The summed E-state index contributed by atoms with van der Waals surface area (Å²) in [6.07, 6.45) is 0. The zero-order chi connectivity index (χ0) is 23.2. The highest BCUT2D eigenvalue weighted by atomic mass is 19.1. The van der Waals surface area contributed by atoms with Crippen LogP contribution in [-0.2, 0) is 4.79 Å². The molecule has 0 unspecified atom stereocenters. The molecule has 0 radical (unpaired) electrons. The molecule has 0 spiro atoms. The normalized spacial score (nSPS) is 14.1. The molecule has 0 aromatic heterocycles. The number of aryl methyl sites for hydroxylation is 1. The first kappa shape index (κ1) is 22.5. The number of hydrogen-bond donors (Lipinski definition) is 1. The summed E-state index contributed by atoms with van der Waals surface area (Å²) in [5, 5.41) is 2.93. The third-order valence-corrected chi connectivity index (χ3v) is 5.53. The Balaban J connectivity index is 1.30. The summed E-state index contributed by atoms with van der Waals surface area (Å²) in [6, 6.07) is 20.6. The second kappa shape index (κ2) is 10.3. The Morgan fingerprint density at radius 3 is 2.27 bits per heavy atom. The van der Waals surface area contributed by atoms with Crippen molar-refractivity contribution in [1.82, 2.24) is 9.80 Å². The van der Waals surface area contributed by atoms with Crippen LogP contribution in [0.25, 0.3) is 0 Å². The predicted molar refractivity (Wildman–Crippen MR) is 125 cm³/mol. The van der Waals surface area contributed by atoms with Gasteiger partial charge in [-0.3, -0.25) is 14.5 Å². The highest BCUT2D eigenvalue weighted by molar-refractivity contribution is 5.95. The van der Waals surface area contributed by atoms with Crippen LogP contribution in [0.4, 0.5) is 10.1 Å². The van der Waals surface area contributed by atoms with Crippen LogP contribution in [0.15, 0.2) is 72.8 Å². The van der Waals surface area contributed by atoms with E-state index in [0.717, 1.165) is 5.56 Å². The molecule has 2 amide bonds. The van der Waals surface area contributed by atoms with Crippen molar-refractivity contribution in [2.75, 3.05) is 38.0 Å². The lowest BCUT2D eigenvalue weighted by Gasteiger charge is -2.34. The SMILES string of the molecule is Cc1ccc(Oc2ccccc2NC(=O)CN2CCN(C(=O)c3ccc(F)cc3)CC2)cc1. The summed E-state index contributed by atoms with van der Waals surface area (Å²) >= 11 is 0. The van der Waals surface area contributed by atoms with Gasteiger partial charge in [0.2, 0.25) is 5.91 Å². The fourth-order valence-electron chi connectivity index (χ4n) is 3.67. The van der Waals surface area contributed by atoms with E-state index in [1.54, 1.807) is 11.0 Å². The molecule has 1 saturated heterocycles. The first-order valence-corrected chi connectivity index (χ1v) is 10.9. The van der Waals surface area contributed by atoms with Gasteiger partial charge in [-0.2, -0.15) is 0 Å². The number of benzene rings is 3. The molecule has 4 rings (SSSR count). The number of carbonyl (C=O) groups is 2. The van der Waals surface area contributed by atoms with E-state index in [1.807, 2.05) is 54.3 Å². The van der Waals surface area contributed by atoms with Gasteiger partial charge in [-0.1, -0.05) is 29.8 Å². The lowest BCUT2D eigenvalue weighted by atomic mass is 10.2. The fourth-order valence-corrected chi connectivity index (χ4v) is 3.67. The number of halogens is 1. The van der Waals surface area contributed by atoms with E-state index >= 15 is 0 Å². The molecule has 6 nitrogen and oxygen atoms in total. The first-order valence-electron chi connectivity index (χ1n) is 10.9. The van der Waals surface area contributed by atoms with E-state index in [-0.39, 0.29) is 24.2 Å². The molecule has 1 aliphatic rings. The van der Waals surface area contributed by atoms with Gasteiger partial charge in [0.1, 0.15) is 11.6 Å². The molecule has 1 N–H and O–H groups in total. The molecule has 0 aliphatic carbocycles. The Morgan fingerprint density at radius 1 is 0.909 bits per heavy atom. The number of rotatable bonds is 6. The molecule has 3 aromatic rings. The van der Waals surface area contributed by atoms with Gasteiger partial charge < -0.3 is 15.0 Å². The van der Waals surface area contributed by atoms with Crippen molar-refractivity contribution in [2.45, 2.75) is 6.92 Å². The molecule has 0 bridgehead atoms. The van der Waals surface area contributed by atoms with Gasteiger partial charge in [0.15, 0.2) is 5.75 Å². The van der Waals surface area contributed by atoms with E-state index in [9.17, 15) is 14.0 Å². The Bertz CT molecular complexity index is 1110. The minimum absolute atomic E-state index is 0.124. The van der Waals surface area contributed by atoms with Crippen LogP contribution in [0.3, 0.4) is 0 Å². The lowest BCUT2D eigenvalue weighted by Crippen LogP contribution is -2.50. The lowest BCUT2D eigenvalue weighted by molar-refractivity contribution is -0.117. The van der Waals surface area contributed by atoms with Crippen molar-refractivity contribution in [3.63, 3.8) is 0 Å². The molecule has 3 aromatic carbocycles. The van der Waals surface area contributed by atoms with Gasteiger partial charge in [-0.25, -0.2) is 4.39 Å². The molecule has 0 atom stereocenters. The highest BCUT2D eigenvalue weighted by Gasteiger charge is 2.23. The maximum Gasteiger partial charge on any atom is 0.253 e. The molecule has 1 heterocycles. The molecule has 1 aliphatic heterocycles. The maximum atomic E-state index is 13.1. The number of hydrogen-bond acceptors (Lipinski definition) is 4. The highest BCUT2D eigenvalue weighted by Crippen LogP contribution is 2.29. The number of anilines is 1. The molecule has 1 fully saturated rings. The minimum Gasteiger partial charge on any atom is -0.455 e. The molecular formula is C26H26FN3O3. The van der Waals surface area contributed by atoms with Gasteiger partial charge in [-0.05, 0) is 55.5 Å². The first-order chi connectivity index (χ1) is 16.0.